The largest absolute Gasteiger partial charge is 0.264 e. The van der Waals surface area contributed by atoms with Crippen LogP contribution in [0.15, 0.2) is 30.6 Å². The van der Waals surface area contributed by atoms with Crippen molar-refractivity contribution in [2.45, 2.75) is 0 Å². The maximum absolute atomic E-state index is 5.87. The zero-order valence-electron chi connectivity index (χ0n) is 7.07. The normalized spacial score (nSPS) is 11.2. The second-order valence-electron chi connectivity index (χ2n) is 2.98. The number of aromatic nitrogens is 2. The number of benzene rings is 1. The highest BCUT2D eigenvalue weighted by Crippen LogP contribution is 2.31. The zero-order chi connectivity index (χ0) is 9.54. The van der Waals surface area contributed by atoms with Gasteiger partial charge in [0.1, 0.15) is 0 Å². The van der Waals surface area contributed by atoms with Crippen molar-refractivity contribution in [1.82, 2.24) is 9.97 Å². The van der Waals surface area contributed by atoms with E-state index >= 15 is 0 Å². The lowest BCUT2D eigenvalue weighted by molar-refractivity contribution is 1.37. The number of nitrogens with zero attached hydrogens (tertiary/aromatic N) is 2. The van der Waals surface area contributed by atoms with Crippen LogP contribution in [0.2, 0.25) is 4.47 Å². The third kappa shape index (κ3) is 1.10. The van der Waals surface area contributed by atoms with E-state index < -0.39 is 0 Å². The summed E-state index contributed by atoms with van der Waals surface area (Å²) in [7, 11) is 0. The summed E-state index contributed by atoms with van der Waals surface area (Å²) in [4.78, 5) is 8.33. The van der Waals surface area contributed by atoms with E-state index in [1.165, 1.54) is 16.7 Å². The number of halogens is 1. The number of fused-ring (bicyclic) bond motifs is 3. The first-order valence-electron chi connectivity index (χ1n) is 4.13. The van der Waals surface area contributed by atoms with Gasteiger partial charge in [-0.25, -0.2) is 4.98 Å². The van der Waals surface area contributed by atoms with E-state index in [1.807, 2.05) is 24.4 Å². The molecule has 3 rings (SSSR count). The van der Waals surface area contributed by atoms with Crippen LogP contribution in [0.3, 0.4) is 0 Å². The van der Waals surface area contributed by atoms with Gasteiger partial charge < -0.3 is 0 Å². The molecule has 0 aliphatic rings. The summed E-state index contributed by atoms with van der Waals surface area (Å²) in [6.45, 7) is 0. The minimum atomic E-state index is 0.580. The predicted octanol–water partition coefficient (Wildman–Crippen LogP) is 3.50. The van der Waals surface area contributed by atoms with Crippen LogP contribution in [0.1, 0.15) is 0 Å². The number of rotatable bonds is 0. The molecule has 0 saturated heterocycles. The van der Waals surface area contributed by atoms with Gasteiger partial charge in [-0.3, -0.25) is 4.98 Å². The van der Waals surface area contributed by atoms with Gasteiger partial charge in [0.05, 0.1) is 10.2 Å². The molecule has 1 aromatic carbocycles. The van der Waals surface area contributed by atoms with Crippen LogP contribution in [0.25, 0.3) is 21.0 Å². The number of hydrogen-bond acceptors (Lipinski definition) is 3. The van der Waals surface area contributed by atoms with Crippen LogP contribution >= 0.6 is 22.9 Å². The second-order valence-corrected chi connectivity index (χ2v) is 4.56. The highest BCUT2D eigenvalue weighted by Gasteiger charge is 2.05. The van der Waals surface area contributed by atoms with Gasteiger partial charge in [-0.1, -0.05) is 17.7 Å². The summed E-state index contributed by atoms with van der Waals surface area (Å²) in [6, 6.07) is 6.01. The van der Waals surface area contributed by atoms with Crippen molar-refractivity contribution in [1.29, 1.82) is 0 Å². The molecule has 0 aliphatic heterocycles. The van der Waals surface area contributed by atoms with Crippen molar-refractivity contribution < 1.29 is 0 Å². The Bertz CT molecular complexity index is 618. The number of hydrogen-bond donors (Lipinski definition) is 0. The van der Waals surface area contributed by atoms with Crippen LogP contribution in [0.5, 0.6) is 0 Å². The first kappa shape index (κ1) is 8.15. The van der Waals surface area contributed by atoms with Gasteiger partial charge in [0.25, 0.3) is 0 Å². The van der Waals surface area contributed by atoms with Gasteiger partial charge in [-0.05, 0) is 17.5 Å². The molecule has 0 amide bonds. The van der Waals surface area contributed by atoms with Crippen LogP contribution in [-0.2, 0) is 0 Å². The fraction of sp³-hybridized carbons (Fsp3) is 0. The van der Waals surface area contributed by atoms with Crippen LogP contribution in [0.4, 0.5) is 0 Å². The van der Waals surface area contributed by atoms with Crippen LogP contribution < -0.4 is 0 Å². The second kappa shape index (κ2) is 2.90. The quantitative estimate of drug-likeness (QED) is 0.580. The van der Waals surface area contributed by atoms with E-state index in [1.54, 1.807) is 6.20 Å². The Balaban J connectivity index is 2.60. The third-order valence-electron chi connectivity index (χ3n) is 2.15. The monoisotopic (exact) mass is 220 g/mol. The van der Waals surface area contributed by atoms with E-state index in [-0.39, 0.29) is 0 Å². The molecule has 2 nitrogen and oxygen atoms in total. The SMILES string of the molecule is Clc1nc2ccc3ccncc3c2s1. The molecule has 0 N–H and O–H groups in total. The minimum Gasteiger partial charge on any atom is -0.264 e. The molecule has 68 valence electrons. The number of thiazole rings is 1. The molecular formula is C10H5ClN2S. The molecule has 2 aromatic heterocycles. The molecule has 0 radical (unpaired) electrons. The first-order valence-corrected chi connectivity index (χ1v) is 5.33. The molecule has 0 spiro atoms. The van der Waals surface area contributed by atoms with Crippen molar-refractivity contribution in [3.63, 3.8) is 0 Å². The summed E-state index contributed by atoms with van der Waals surface area (Å²) >= 11 is 7.37. The molecule has 14 heavy (non-hydrogen) atoms. The standard InChI is InChI=1S/C10H5ClN2S/c11-10-13-8-2-1-6-3-4-12-5-7(6)9(8)14-10/h1-5H. The van der Waals surface area contributed by atoms with Gasteiger partial charge >= 0.3 is 0 Å². The lowest BCUT2D eigenvalue weighted by Crippen LogP contribution is -1.75. The maximum Gasteiger partial charge on any atom is 0.184 e. The summed E-state index contributed by atoms with van der Waals surface area (Å²) < 4.78 is 1.69. The van der Waals surface area contributed by atoms with E-state index in [4.69, 9.17) is 11.6 Å². The Kier molecular flexibility index (Phi) is 1.69. The summed E-state index contributed by atoms with van der Waals surface area (Å²) in [6.07, 6.45) is 3.64. The van der Waals surface area contributed by atoms with E-state index in [9.17, 15) is 0 Å². The van der Waals surface area contributed by atoms with Gasteiger partial charge in [-0.15, -0.1) is 11.3 Å². The van der Waals surface area contributed by atoms with Gasteiger partial charge in [0, 0.05) is 17.8 Å². The predicted molar refractivity (Wildman–Crippen MR) is 59.9 cm³/mol. The smallest absolute Gasteiger partial charge is 0.184 e. The molecule has 0 saturated carbocycles. The highest BCUT2D eigenvalue weighted by atomic mass is 35.5. The Morgan fingerprint density at radius 3 is 3.07 bits per heavy atom. The van der Waals surface area contributed by atoms with Crippen molar-refractivity contribution in [2.24, 2.45) is 0 Å². The molecule has 0 unspecified atom stereocenters. The molecule has 0 fully saturated rings. The first-order chi connectivity index (χ1) is 6.84. The fourth-order valence-corrected chi connectivity index (χ4v) is 2.65. The molecule has 0 atom stereocenters. The fourth-order valence-electron chi connectivity index (χ4n) is 1.52. The zero-order valence-corrected chi connectivity index (χ0v) is 8.64. The summed E-state index contributed by atoms with van der Waals surface area (Å²) in [5.41, 5.74) is 0.945. The van der Waals surface area contributed by atoms with E-state index in [0.717, 1.165) is 15.6 Å². The number of pyridine rings is 1. The van der Waals surface area contributed by atoms with Crippen molar-refractivity contribution in [3.8, 4) is 0 Å². The van der Waals surface area contributed by atoms with E-state index in [2.05, 4.69) is 9.97 Å². The molecule has 0 bridgehead atoms. The molecular weight excluding hydrogens is 216 g/mol. The van der Waals surface area contributed by atoms with E-state index in [0.29, 0.717) is 4.47 Å². The minimum absolute atomic E-state index is 0.580. The molecule has 0 aliphatic carbocycles. The highest BCUT2D eigenvalue weighted by molar-refractivity contribution is 7.23. The maximum atomic E-state index is 5.87. The lowest BCUT2D eigenvalue weighted by Gasteiger charge is -1.95. The Hall–Kier alpha value is -1.19. The molecule has 4 heteroatoms. The Labute approximate surface area is 89.2 Å². The van der Waals surface area contributed by atoms with Crippen LogP contribution in [0, 0.1) is 0 Å². The third-order valence-corrected chi connectivity index (χ3v) is 3.36. The average molecular weight is 221 g/mol. The Morgan fingerprint density at radius 1 is 1.21 bits per heavy atom. The van der Waals surface area contributed by atoms with Gasteiger partial charge in [-0.2, -0.15) is 0 Å². The topological polar surface area (TPSA) is 25.8 Å². The van der Waals surface area contributed by atoms with Crippen molar-refractivity contribution in [3.05, 3.63) is 35.1 Å². The summed E-state index contributed by atoms with van der Waals surface area (Å²) in [5, 5.41) is 2.29. The van der Waals surface area contributed by atoms with Gasteiger partial charge in [0.2, 0.25) is 0 Å². The van der Waals surface area contributed by atoms with Crippen molar-refractivity contribution >= 4 is 43.9 Å². The summed E-state index contributed by atoms with van der Waals surface area (Å²) in [5.74, 6) is 0. The van der Waals surface area contributed by atoms with Gasteiger partial charge in [0.15, 0.2) is 4.47 Å². The lowest BCUT2D eigenvalue weighted by atomic mass is 10.2. The molecule has 2 heterocycles. The molecule has 3 aromatic rings. The average Bonchev–Trinajstić information content (AvgIpc) is 2.59. The van der Waals surface area contributed by atoms with Crippen LogP contribution in [-0.4, -0.2) is 9.97 Å². The van der Waals surface area contributed by atoms with Crippen molar-refractivity contribution in [2.75, 3.05) is 0 Å². The Morgan fingerprint density at radius 2 is 2.14 bits per heavy atom.